The molecular weight excluding hydrogens is 519 g/mol. The van der Waals surface area contributed by atoms with Crippen molar-refractivity contribution in [3.8, 4) is 23.7 Å². The van der Waals surface area contributed by atoms with Gasteiger partial charge in [0.25, 0.3) is 0 Å². The van der Waals surface area contributed by atoms with Gasteiger partial charge in [0.2, 0.25) is 0 Å². The lowest BCUT2D eigenvalue weighted by Crippen LogP contribution is -2.55. The predicted molar refractivity (Wildman–Crippen MR) is 158 cm³/mol. The summed E-state index contributed by atoms with van der Waals surface area (Å²) in [6.07, 6.45) is 9.76. The van der Waals surface area contributed by atoms with Crippen LogP contribution in [0.4, 0.5) is 14.9 Å². The van der Waals surface area contributed by atoms with Crippen LogP contribution in [0.3, 0.4) is 0 Å². The zero-order valence-electron chi connectivity index (χ0n) is 23.9. The molecule has 0 radical (unpaired) electrons. The summed E-state index contributed by atoms with van der Waals surface area (Å²) in [6, 6.07) is 12.5. The Labute approximate surface area is 241 Å². The number of anilines is 1. The minimum absolute atomic E-state index is 0.0359. The van der Waals surface area contributed by atoms with Crippen molar-refractivity contribution < 1.29 is 9.18 Å². The van der Waals surface area contributed by atoms with E-state index in [4.69, 9.17) is 6.42 Å². The molecule has 5 rings (SSSR count). The Morgan fingerprint density at radius 3 is 2.71 bits per heavy atom. The molecule has 9 nitrogen and oxygen atoms in total. The monoisotopic (exact) mass is 558 g/mol. The number of nitrogens with one attached hydrogen (secondary N) is 2. The van der Waals surface area contributed by atoms with Gasteiger partial charge in [-0.2, -0.15) is 0 Å². The fraction of sp³-hybridized carbons (Fsp3) is 0.484. The van der Waals surface area contributed by atoms with E-state index in [1.54, 1.807) is 23.9 Å². The van der Waals surface area contributed by atoms with Crippen molar-refractivity contribution in [3.05, 3.63) is 59.4 Å². The van der Waals surface area contributed by atoms with Crippen LogP contribution in [0.15, 0.2) is 42.5 Å². The lowest BCUT2D eigenvalue weighted by atomic mass is 9.88. The molecule has 2 N–H and O–H groups in total. The highest BCUT2D eigenvalue weighted by molar-refractivity contribution is 5.90. The highest BCUT2D eigenvalue weighted by Crippen LogP contribution is 2.26. The third-order valence-corrected chi connectivity index (χ3v) is 8.20. The van der Waals surface area contributed by atoms with Gasteiger partial charge in [0.1, 0.15) is 5.82 Å². The van der Waals surface area contributed by atoms with Gasteiger partial charge in [-0.25, -0.2) is 13.9 Å². The number of piperidine rings is 2. The van der Waals surface area contributed by atoms with E-state index < -0.39 is 0 Å². The molecule has 0 bridgehead atoms. The van der Waals surface area contributed by atoms with Crippen molar-refractivity contribution in [2.75, 3.05) is 44.6 Å². The molecule has 41 heavy (non-hydrogen) atoms. The molecule has 216 valence electrons. The minimum atomic E-state index is -0.217. The number of terminal acetylenes is 1. The lowest BCUT2D eigenvalue weighted by molar-refractivity contribution is 0.0910. The second-order valence-corrected chi connectivity index (χ2v) is 11.5. The summed E-state index contributed by atoms with van der Waals surface area (Å²) in [7, 11) is 1.79. The number of tetrazole rings is 1. The zero-order chi connectivity index (χ0) is 28.8. The number of halogens is 1. The van der Waals surface area contributed by atoms with Crippen LogP contribution in [-0.2, 0) is 13.5 Å². The van der Waals surface area contributed by atoms with Crippen LogP contribution in [0.1, 0.15) is 30.4 Å². The Hall–Kier alpha value is -3.81. The Kier molecular flexibility index (Phi) is 9.27. The third-order valence-electron chi connectivity index (χ3n) is 8.20. The van der Waals surface area contributed by atoms with Gasteiger partial charge in [0.15, 0.2) is 5.82 Å². The fourth-order valence-corrected chi connectivity index (χ4v) is 6.32. The molecule has 1 aromatic heterocycles. The van der Waals surface area contributed by atoms with Crippen LogP contribution in [-0.4, -0.2) is 81.3 Å². The number of rotatable bonds is 8. The number of benzene rings is 2. The first-order chi connectivity index (χ1) is 19.9. The maximum absolute atomic E-state index is 13.4. The van der Waals surface area contributed by atoms with E-state index >= 15 is 0 Å². The minimum Gasteiger partial charge on any atom is -0.335 e. The summed E-state index contributed by atoms with van der Waals surface area (Å²) in [4.78, 5) is 18.1. The van der Waals surface area contributed by atoms with Crippen LogP contribution < -0.4 is 10.6 Å². The molecule has 3 atom stereocenters. The van der Waals surface area contributed by atoms with E-state index in [0.29, 0.717) is 24.0 Å². The van der Waals surface area contributed by atoms with Crippen molar-refractivity contribution in [2.24, 2.45) is 18.9 Å². The van der Waals surface area contributed by atoms with Crippen molar-refractivity contribution >= 4 is 11.7 Å². The second kappa shape index (κ2) is 13.2. The van der Waals surface area contributed by atoms with Crippen LogP contribution in [0.2, 0.25) is 0 Å². The number of hydrogen-bond donors (Lipinski definition) is 2. The van der Waals surface area contributed by atoms with Gasteiger partial charge in [-0.1, -0.05) is 18.1 Å². The van der Waals surface area contributed by atoms with E-state index in [0.717, 1.165) is 63.1 Å². The van der Waals surface area contributed by atoms with Gasteiger partial charge < -0.3 is 15.5 Å². The largest absolute Gasteiger partial charge is 0.335 e. The molecule has 3 aromatic rings. The number of hydrogen-bond acceptors (Lipinski definition) is 6. The Morgan fingerprint density at radius 1 is 1.12 bits per heavy atom. The van der Waals surface area contributed by atoms with Gasteiger partial charge in [-0.15, -0.1) is 11.5 Å². The Bertz CT molecular complexity index is 1370. The Balaban J connectivity index is 1.22. The number of likely N-dealkylation sites (tertiary alicyclic amines) is 2. The SMILES string of the molecule is C#CCN1CC[C@@H](NC(=O)Nc2cc(C)cc(-c3nnnn3C)c2)[C@H](CN2CCCC(Cc3ccc(F)cc3)C2)C1. The highest BCUT2D eigenvalue weighted by Gasteiger charge is 2.33. The summed E-state index contributed by atoms with van der Waals surface area (Å²) in [5.74, 6) is 4.02. The first kappa shape index (κ1) is 28.7. The molecule has 0 spiro atoms. The summed E-state index contributed by atoms with van der Waals surface area (Å²) in [6.45, 7) is 7.26. The summed E-state index contributed by atoms with van der Waals surface area (Å²) >= 11 is 0. The predicted octanol–water partition coefficient (Wildman–Crippen LogP) is 3.72. The average Bonchev–Trinajstić information content (AvgIpc) is 3.37. The number of amides is 2. The second-order valence-electron chi connectivity index (χ2n) is 11.5. The van der Waals surface area contributed by atoms with Gasteiger partial charge >= 0.3 is 6.03 Å². The number of aromatic nitrogens is 4. The summed E-state index contributed by atoms with van der Waals surface area (Å²) in [5.41, 5.74) is 3.72. The van der Waals surface area contributed by atoms with Crippen molar-refractivity contribution in [1.29, 1.82) is 0 Å². The van der Waals surface area contributed by atoms with E-state index in [1.807, 2.05) is 37.3 Å². The number of carbonyl (C=O) groups excluding carboxylic acids is 1. The maximum Gasteiger partial charge on any atom is 0.319 e. The van der Waals surface area contributed by atoms with Gasteiger partial charge in [0.05, 0.1) is 6.54 Å². The van der Waals surface area contributed by atoms with Crippen LogP contribution in [0.25, 0.3) is 11.4 Å². The standard InChI is InChI=1S/C31H39FN8O/c1-4-12-39-14-11-29(34-31(41)33-28-16-22(2)15-25(18-28)30-35-36-37-38(30)3)26(20-39)21-40-13-5-6-24(19-40)17-23-7-9-27(32)10-8-23/h1,7-10,15-16,18,24,26,29H,5-6,11-14,17,19-21H2,2-3H3,(H2,33,34,41)/t24?,26-,29+/m0/s1. The number of aryl methyl sites for hydroxylation is 2. The first-order valence-corrected chi connectivity index (χ1v) is 14.4. The van der Waals surface area contributed by atoms with E-state index in [9.17, 15) is 9.18 Å². The van der Waals surface area contributed by atoms with Crippen molar-refractivity contribution in [2.45, 2.75) is 38.6 Å². The number of carbonyl (C=O) groups is 1. The van der Waals surface area contributed by atoms with E-state index in [-0.39, 0.29) is 23.8 Å². The fourth-order valence-electron chi connectivity index (χ4n) is 6.32. The number of urea groups is 1. The third kappa shape index (κ3) is 7.69. The van der Waals surface area contributed by atoms with Crippen molar-refractivity contribution in [3.63, 3.8) is 0 Å². The smallest absolute Gasteiger partial charge is 0.319 e. The molecule has 2 aromatic carbocycles. The molecule has 0 aliphatic carbocycles. The van der Waals surface area contributed by atoms with E-state index in [2.05, 4.69) is 41.9 Å². The van der Waals surface area contributed by atoms with Gasteiger partial charge in [-0.3, -0.25) is 4.90 Å². The van der Waals surface area contributed by atoms with Crippen LogP contribution in [0, 0.1) is 36.9 Å². The first-order valence-electron chi connectivity index (χ1n) is 14.4. The molecule has 2 amide bonds. The molecule has 1 unspecified atom stereocenters. The average molecular weight is 559 g/mol. The highest BCUT2D eigenvalue weighted by atomic mass is 19.1. The quantitative estimate of drug-likeness (QED) is 0.410. The maximum atomic E-state index is 13.4. The molecule has 2 fully saturated rings. The Morgan fingerprint density at radius 2 is 1.95 bits per heavy atom. The van der Waals surface area contributed by atoms with Gasteiger partial charge in [0, 0.05) is 56.4 Å². The van der Waals surface area contributed by atoms with Crippen LogP contribution in [0.5, 0.6) is 0 Å². The topological polar surface area (TPSA) is 91.2 Å². The molecule has 2 aliphatic rings. The van der Waals surface area contributed by atoms with Crippen LogP contribution >= 0.6 is 0 Å². The van der Waals surface area contributed by atoms with E-state index in [1.165, 1.54) is 12.0 Å². The molecule has 3 heterocycles. The molecule has 0 saturated carbocycles. The zero-order valence-corrected chi connectivity index (χ0v) is 23.9. The molecule has 10 heteroatoms. The van der Waals surface area contributed by atoms with Gasteiger partial charge in [-0.05, 0) is 97.0 Å². The molecule has 2 aliphatic heterocycles. The van der Waals surface area contributed by atoms with Crippen molar-refractivity contribution in [1.82, 2.24) is 35.3 Å². The normalized spacial score (nSPS) is 21.8. The lowest BCUT2D eigenvalue weighted by Gasteiger charge is -2.42. The molecular formula is C31H39FN8O. The number of nitrogens with zero attached hydrogens (tertiary/aromatic N) is 6. The summed E-state index contributed by atoms with van der Waals surface area (Å²) < 4.78 is 15.0. The summed E-state index contributed by atoms with van der Waals surface area (Å²) in [5, 5.41) is 18.1. The molecule has 2 saturated heterocycles.